The number of phenols is 2. The first-order valence-corrected chi connectivity index (χ1v) is 5.42. The number of benzene rings is 2. The van der Waals surface area contributed by atoms with E-state index < -0.39 is 11.9 Å². The van der Waals surface area contributed by atoms with Crippen LogP contribution in [-0.4, -0.2) is 22.2 Å². The van der Waals surface area contributed by atoms with Gasteiger partial charge in [0.15, 0.2) is 0 Å². The first-order chi connectivity index (χ1) is 9.43. The summed E-state index contributed by atoms with van der Waals surface area (Å²) in [5, 5.41) is 38.0. The van der Waals surface area contributed by atoms with Crippen molar-refractivity contribution in [1.82, 2.24) is 0 Å². The van der Waals surface area contributed by atoms with Gasteiger partial charge in [-0.15, -0.1) is 0 Å². The quantitative estimate of drug-likeness (QED) is 0.678. The van der Waals surface area contributed by atoms with E-state index in [4.69, 9.17) is 10.2 Å². The number of carbonyl (C=O) groups is 2. The number of hydrogen-bond donors (Lipinski definition) is 2. The van der Waals surface area contributed by atoms with E-state index in [1.165, 1.54) is 36.4 Å². The van der Waals surface area contributed by atoms with Gasteiger partial charge in [0.1, 0.15) is 11.5 Å². The molecule has 2 aromatic carbocycles. The van der Waals surface area contributed by atoms with Crippen molar-refractivity contribution >= 4 is 11.9 Å². The van der Waals surface area contributed by atoms with Crippen LogP contribution in [0.25, 0.3) is 0 Å². The van der Waals surface area contributed by atoms with E-state index in [9.17, 15) is 19.8 Å². The Labute approximate surface area is 134 Å². The maximum absolute atomic E-state index is 10.2. The maximum Gasteiger partial charge on any atom is 2.00 e. The average Bonchev–Trinajstić information content (AvgIpc) is 2.40. The van der Waals surface area contributed by atoms with Crippen LogP contribution in [0.5, 0.6) is 11.5 Å². The minimum absolute atomic E-state index is 0. The van der Waals surface area contributed by atoms with E-state index in [-0.39, 0.29) is 43.0 Å². The number of para-hydroxylation sites is 2. The molecule has 0 amide bonds. The van der Waals surface area contributed by atoms with Gasteiger partial charge in [0.2, 0.25) is 0 Å². The number of hydrogen-bond acceptors (Lipinski definition) is 6. The molecule has 0 aliphatic carbocycles. The fourth-order valence-electron chi connectivity index (χ4n) is 1.29. The molecule has 0 saturated heterocycles. The third-order valence-electron chi connectivity index (χ3n) is 2.25. The van der Waals surface area contributed by atoms with Crippen molar-refractivity contribution < 1.29 is 50.4 Å². The number of aromatic hydroxyl groups is 2. The maximum atomic E-state index is 10.2. The summed E-state index contributed by atoms with van der Waals surface area (Å²) in [6.45, 7) is 0. The first kappa shape index (κ1) is 18.6. The van der Waals surface area contributed by atoms with Crippen molar-refractivity contribution in [3.8, 4) is 11.5 Å². The molecule has 0 aliphatic heterocycles. The van der Waals surface area contributed by atoms with E-state index in [1.807, 2.05) is 0 Å². The van der Waals surface area contributed by atoms with Crippen LogP contribution < -0.4 is 10.2 Å². The van der Waals surface area contributed by atoms with Gasteiger partial charge < -0.3 is 30.0 Å². The SMILES string of the molecule is O=C([O-])c1ccccc1O.O=C([O-])c1ccccc1O.[Pd+2]. The molecule has 0 aromatic heterocycles. The van der Waals surface area contributed by atoms with Crippen LogP contribution in [-0.2, 0) is 20.4 Å². The van der Waals surface area contributed by atoms with E-state index in [0.29, 0.717) is 0 Å². The molecule has 0 spiro atoms. The van der Waals surface area contributed by atoms with Crippen LogP contribution in [0.2, 0.25) is 0 Å². The molecule has 7 heteroatoms. The van der Waals surface area contributed by atoms with Crippen LogP contribution in [0, 0.1) is 0 Å². The molecule has 21 heavy (non-hydrogen) atoms. The van der Waals surface area contributed by atoms with Gasteiger partial charge in [0.05, 0.1) is 11.9 Å². The number of carboxylic acid groups (broad SMARTS) is 2. The van der Waals surface area contributed by atoms with Gasteiger partial charge in [0, 0.05) is 11.1 Å². The zero-order valence-electron chi connectivity index (χ0n) is 10.5. The van der Waals surface area contributed by atoms with Gasteiger partial charge in [-0.1, -0.05) is 24.3 Å². The molecule has 112 valence electrons. The average molecular weight is 381 g/mol. The topological polar surface area (TPSA) is 121 Å². The fraction of sp³-hybridized carbons (Fsp3) is 0. The second-order valence-corrected chi connectivity index (χ2v) is 3.61. The standard InChI is InChI=1S/2C7H6O3.Pd/c2*8-6-4-2-1-3-5(6)7(9)10;/h2*1-4,8H,(H,9,10);/q;;+2/p-2. The molecule has 0 saturated carbocycles. The molecule has 2 N–H and O–H groups in total. The Balaban J connectivity index is 0.000000364. The Hall–Kier alpha value is -2.36. The predicted molar refractivity (Wildman–Crippen MR) is 64.9 cm³/mol. The molecule has 2 rings (SSSR count). The van der Waals surface area contributed by atoms with Crippen LogP contribution in [0.3, 0.4) is 0 Å². The van der Waals surface area contributed by atoms with Crippen molar-refractivity contribution in [2.75, 3.05) is 0 Å². The van der Waals surface area contributed by atoms with E-state index in [1.54, 1.807) is 12.1 Å². The van der Waals surface area contributed by atoms with Gasteiger partial charge in [-0.25, -0.2) is 0 Å². The van der Waals surface area contributed by atoms with Crippen LogP contribution >= 0.6 is 0 Å². The van der Waals surface area contributed by atoms with Crippen LogP contribution in [0.15, 0.2) is 48.5 Å². The van der Waals surface area contributed by atoms with Gasteiger partial charge >= 0.3 is 20.4 Å². The van der Waals surface area contributed by atoms with Crippen molar-refractivity contribution in [3.63, 3.8) is 0 Å². The van der Waals surface area contributed by atoms with Gasteiger partial charge in [-0.05, 0) is 24.3 Å². The summed E-state index contributed by atoms with van der Waals surface area (Å²) in [5.74, 6) is -3.25. The molecular formula is C14H10O6Pd. The van der Waals surface area contributed by atoms with E-state index in [0.717, 1.165) is 0 Å². The third-order valence-corrected chi connectivity index (χ3v) is 2.25. The van der Waals surface area contributed by atoms with Crippen LogP contribution in [0.1, 0.15) is 20.7 Å². The Bertz CT molecular complexity index is 571. The first-order valence-electron chi connectivity index (χ1n) is 5.42. The van der Waals surface area contributed by atoms with Gasteiger partial charge in [0.25, 0.3) is 0 Å². The molecular weight excluding hydrogens is 371 g/mol. The molecule has 0 radical (unpaired) electrons. The summed E-state index contributed by atoms with van der Waals surface area (Å²) < 4.78 is 0. The van der Waals surface area contributed by atoms with Crippen molar-refractivity contribution in [2.24, 2.45) is 0 Å². The van der Waals surface area contributed by atoms with Crippen molar-refractivity contribution in [1.29, 1.82) is 0 Å². The number of aromatic carboxylic acids is 2. The molecule has 0 aliphatic rings. The van der Waals surface area contributed by atoms with Crippen molar-refractivity contribution in [3.05, 3.63) is 59.7 Å². The number of carboxylic acids is 2. The molecule has 0 unspecified atom stereocenters. The Morgan fingerprint density at radius 1 is 0.714 bits per heavy atom. The van der Waals surface area contributed by atoms with E-state index >= 15 is 0 Å². The monoisotopic (exact) mass is 380 g/mol. The molecule has 0 fully saturated rings. The van der Waals surface area contributed by atoms with Crippen LogP contribution in [0.4, 0.5) is 0 Å². The number of carbonyl (C=O) groups excluding carboxylic acids is 2. The zero-order valence-corrected chi connectivity index (χ0v) is 12.0. The molecule has 6 nitrogen and oxygen atoms in total. The van der Waals surface area contributed by atoms with Crippen molar-refractivity contribution in [2.45, 2.75) is 0 Å². The normalized spacial score (nSPS) is 8.76. The molecule has 0 bridgehead atoms. The minimum Gasteiger partial charge on any atom is -0.545 e. The summed E-state index contributed by atoms with van der Waals surface area (Å²) in [5.41, 5.74) is -0.356. The molecule has 0 heterocycles. The second-order valence-electron chi connectivity index (χ2n) is 3.61. The smallest absolute Gasteiger partial charge is 0.545 e. The summed E-state index contributed by atoms with van der Waals surface area (Å²) in [7, 11) is 0. The second kappa shape index (κ2) is 8.74. The third kappa shape index (κ3) is 5.65. The summed E-state index contributed by atoms with van der Waals surface area (Å²) in [6.07, 6.45) is 0. The minimum atomic E-state index is -1.36. The largest absolute Gasteiger partial charge is 2.00 e. The van der Waals surface area contributed by atoms with E-state index in [2.05, 4.69) is 0 Å². The van der Waals surface area contributed by atoms with Gasteiger partial charge in [-0.2, -0.15) is 0 Å². The predicted octanol–water partition coefficient (Wildman–Crippen LogP) is -0.491. The summed E-state index contributed by atoms with van der Waals surface area (Å²) in [6, 6.07) is 11.3. The fourth-order valence-corrected chi connectivity index (χ4v) is 1.29. The summed E-state index contributed by atoms with van der Waals surface area (Å²) >= 11 is 0. The Morgan fingerprint density at radius 2 is 1.00 bits per heavy atom. The summed E-state index contributed by atoms with van der Waals surface area (Å²) in [4.78, 5) is 20.3. The number of rotatable bonds is 2. The Kier molecular flexibility index (Phi) is 7.76. The van der Waals surface area contributed by atoms with Gasteiger partial charge in [-0.3, -0.25) is 0 Å². The molecule has 0 atom stereocenters. The Morgan fingerprint density at radius 3 is 1.19 bits per heavy atom. The zero-order chi connectivity index (χ0) is 15.1. The molecule has 2 aromatic rings.